The molecule has 2 unspecified atom stereocenters. The molecule has 0 saturated carbocycles. The average molecular weight is 178 g/mol. The van der Waals surface area contributed by atoms with Gasteiger partial charge in [-0.15, -0.1) is 0 Å². The Morgan fingerprint density at radius 2 is 1.92 bits per heavy atom. The van der Waals surface area contributed by atoms with Gasteiger partial charge in [0.05, 0.1) is 0 Å². The quantitative estimate of drug-likeness (QED) is 0.632. The highest BCUT2D eigenvalue weighted by Gasteiger charge is 2.22. The lowest BCUT2D eigenvalue weighted by Gasteiger charge is -2.08. The Labute approximate surface area is 78.4 Å². The molecule has 0 aromatic heterocycles. The van der Waals surface area contributed by atoms with E-state index in [1.54, 1.807) is 0 Å². The number of hydrogen-bond acceptors (Lipinski definition) is 1. The zero-order chi connectivity index (χ0) is 8.39. The van der Waals surface area contributed by atoms with E-state index in [-0.39, 0.29) is 0 Å². The molecular weight excluding hydrogens is 164 g/mol. The van der Waals surface area contributed by atoms with Gasteiger partial charge in [0.15, 0.2) is 0 Å². The van der Waals surface area contributed by atoms with Gasteiger partial charge in [0.25, 0.3) is 0 Å². The second-order valence-electron chi connectivity index (χ2n) is 3.42. The summed E-state index contributed by atoms with van der Waals surface area (Å²) in [6.45, 7) is 2.33. The van der Waals surface area contributed by atoms with Crippen molar-refractivity contribution >= 4 is 11.8 Å². The summed E-state index contributed by atoms with van der Waals surface area (Å²) in [5.41, 5.74) is 1.51. The summed E-state index contributed by atoms with van der Waals surface area (Å²) in [6, 6.07) is 10.9. The lowest BCUT2D eigenvalue weighted by molar-refractivity contribution is 0.771. The fourth-order valence-corrected chi connectivity index (χ4v) is 3.13. The first-order valence-corrected chi connectivity index (χ1v) is 5.51. The maximum absolute atomic E-state index is 2.33. The third-order valence-electron chi connectivity index (χ3n) is 2.40. The molecule has 0 radical (unpaired) electrons. The fraction of sp³-hybridized carbons (Fsp3) is 0.455. The molecular formula is C11H14S. The molecule has 1 fully saturated rings. The summed E-state index contributed by atoms with van der Waals surface area (Å²) < 4.78 is 0. The van der Waals surface area contributed by atoms with E-state index in [2.05, 4.69) is 49.0 Å². The maximum atomic E-state index is 2.33. The largest absolute Gasteiger partial charge is 0.151 e. The highest BCUT2D eigenvalue weighted by molar-refractivity contribution is 8.00. The molecule has 0 spiro atoms. The molecule has 1 aromatic carbocycles. The van der Waals surface area contributed by atoms with E-state index in [0.717, 1.165) is 10.5 Å². The first-order valence-electron chi connectivity index (χ1n) is 4.56. The van der Waals surface area contributed by atoms with Gasteiger partial charge in [-0.3, -0.25) is 0 Å². The Morgan fingerprint density at radius 3 is 2.50 bits per heavy atom. The van der Waals surface area contributed by atoms with Crippen LogP contribution in [0.1, 0.15) is 30.6 Å². The summed E-state index contributed by atoms with van der Waals surface area (Å²) in [5, 5.41) is 1.62. The number of hydrogen-bond donors (Lipinski definition) is 0. The Bertz CT molecular complexity index is 242. The Hall–Kier alpha value is -0.430. The number of benzene rings is 1. The van der Waals surface area contributed by atoms with Crippen molar-refractivity contribution < 1.29 is 0 Å². The zero-order valence-corrected chi connectivity index (χ0v) is 8.18. The molecule has 2 rings (SSSR count). The van der Waals surface area contributed by atoms with Crippen molar-refractivity contribution in [2.24, 2.45) is 0 Å². The molecule has 64 valence electrons. The van der Waals surface area contributed by atoms with Gasteiger partial charge in [-0.25, -0.2) is 0 Å². The number of rotatable bonds is 1. The highest BCUT2D eigenvalue weighted by atomic mass is 32.2. The van der Waals surface area contributed by atoms with Crippen LogP contribution in [-0.2, 0) is 0 Å². The molecule has 1 heteroatoms. The van der Waals surface area contributed by atoms with Crippen LogP contribution in [0, 0.1) is 0 Å². The third-order valence-corrected chi connectivity index (χ3v) is 3.94. The van der Waals surface area contributed by atoms with Crippen LogP contribution in [0.15, 0.2) is 30.3 Å². The number of thioether (sulfide) groups is 1. The summed E-state index contributed by atoms with van der Waals surface area (Å²) in [5.74, 6) is 0. The molecule has 0 N–H and O–H groups in total. The van der Waals surface area contributed by atoms with Crippen LogP contribution in [-0.4, -0.2) is 5.25 Å². The highest BCUT2D eigenvalue weighted by Crippen LogP contribution is 2.44. The topological polar surface area (TPSA) is 0 Å². The van der Waals surface area contributed by atoms with Crippen LogP contribution in [0.25, 0.3) is 0 Å². The van der Waals surface area contributed by atoms with Crippen molar-refractivity contribution in [3.8, 4) is 0 Å². The lowest BCUT2D eigenvalue weighted by Crippen LogP contribution is -1.87. The molecule has 0 amide bonds. The van der Waals surface area contributed by atoms with Crippen molar-refractivity contribution in [1.29, 1.82) is 0 Å². The van der Waals surface area contributed by atoms with E-state index in [4.69, 9.17) is 0 Å². The summed E-state index contributed by atoms with van der Waals surface area (Å²) >= 11 is 2.12. The Kier molecular flexibility index (Phi) is 2.40. The van der Waals surface area contributed by atoms with E-state index < -0.39 is 0 Å². The summed E-state index contributed by atoms with van der Waals surface area (Å²) in [4.78, 5) is 0. The maximum Gasteiger partial charge on any atom is 0.0300 e. The van der Waals surface area contributed by atoms with E-state index in [1.165, 1.54) is 18.4 Å². The molecule has 0 aliphatic carbocycles. The van der Waals surface area contributed by atoms with Gasteiger partial charge < -0.3 is 0 Å². The monoisotopic (exact) mass is 178 g/mol. The van der Waals surface area contributed by atoms with Gasteiger partial charge in [0.2, 0.25) is 0 Å². The van der Waals surface area contributed by atoms with E-state index in [9.17, 15) is 0 Å². The minimum absolute atomic E-state index is 0.765. The van der Waals surface area contributed by atoms with Gasteiger partial charge in [-0.2, -0.15) is 11.8 Å². The van der Waals surface area contributed by atoms with Crippen LogP contribution < -0.4 is 0 Å². The summed E-state index contributed by atoms with van der Waals surface area (Å²) in [7, 11) is 0. The minimum Gasteiger partial charge on any atom is -0.151 e. The first kappa shape index (κ1) is 8.18. The lowest BCUT2D eigenvalue weighted by atomic mass is 10.1. The predicted molar refractivity (Wildman–Crippen MR) is 55.5 cm³/mol. The minimum atomic E-state index is 0.765. The zero-order valence-electron chi connectivity index (χ0n) is 7.36. The van der Waals surface area contributed by atoms with Gasteiger partial charge in [-0.05, 0) is 18.4 Å². The molecule has 1 saturated heterocycles. The van der Waals surface area contributed by atoms with Crippen LogP contribution in [0.2, 0.25) is 0 Å². The Morgan fingerprint density at radius 1 is 1.17 bits per heavy atom. The standard InChI is InChI=1S/C11H14S/c1-9-7-8-11(12-9)10-5-3-2-4-6-10/h2-6,9,11H,7-8H2,1H3. The third kappa shape index (κ3) is 1.66. The molecule has 2 atom stereocenters. The SMILES string of the molecule is CC1CCC(c2ccccc2)S1. The summed E-state index contributed by atoms with van der Waals surface area (Å²) in [6.07, 6.45) is 2.74. The molecule has 1 aliphatic rings. The van der Waals surface area contributed by atoms with Gasteiger partial charge in [0, 0.05) is 10.5 Å². The second-order valence-corrected chi connectivity index (χ2v) is 5.07. The van der Waals surface area contributed by atoms with Crippen molar-refractivity contribution in [2.45, 2.75) is 30.3 Å². The molecule has 0 bridgehead atoms. The van der Waals surface area contributed by atoms with Crippen LogP contribution >= 0.6 is 11.8 Å². The molecule has 1 aliphatic heterocycles. The first-order chi connectivity index (χ1) is 5.86. The molecule has 0 nitrogen and oxygen atoms in total. The molecule has 12 heavy (non-hydrogen) atoms. The van der Waals surface area contributed by atoms with Crippen molar-refractivity contribution in [3.05, 3.63) is 35.9 Å². The fourth-order valence-electron chi connectivity index (χ4n) is 1.72. The normalized spacial score (nSPS) is 29.1. The van der Waals surface area contributed by atoms with Crippen LogP contribution in [0.3, 0.4) is 0 Å². The smallest absolute Gasteiger partial charge is 0.0300 e. The predicted octanol–water partition coefficient (Wildman–Crippen LogP) is 3.64. The molecule has 1 heterocycles. The van der Waals surface area contributed by atoms with Gasteiger partial charge >= 0.3 is 0 Å². The van der Waals surface area contributed by atoms with E-state index in [0.29, 0.717) is 0 Å². The van der Waals surface area contributed by atoms with Crippen molar-refractivity contribution in [2.75, 3.05) is 0 Å². The van der Waals surface area contributed by atoms with Crippen LogP contribution in [0.5, 0.6) is 0 Å². The average Bonchev–Trinajstić information content (AvgIpc) is 2.54. The van der Waals surface area contributed by atoms with Crippen LogP contribution in [0.4, 0.5) is 0 Å². The molecule has 1 aromatic rings. The Balaban J connectivity index is 2.11. The van der Waals surface area contributed by atoms with Gasteiger partial charge in [-0.1, -0.05) is 37.3 Å². The van der Waals surface area contributed by atoms with Crippen molar-refractivity contribution in [1.82, 2.24) is 0 Å². The second kappa shape index (κ2) is 3.53. The van der Waals surface area contributed by atoms with E-state index >= 15 is 0 Å². The van der Waals surface area contributed by atoms with Crippen molar-refractivity contribution in [3.63, 3.8) is 0 Å². The van der Waals surface area contributed by atoms with E-state index in [1.807, 2.05) is 0 Å². The van der Waals surface area contributed by atoms with Gasteiger partial charge in [0.1, 0.15) is 0 Å².